The van der Waals surface area contributed by atoms with Crippen molar-refractivity contribution >= 4 is 22.9 Å². The number of nitrogens with one attached hydrogen (secondary N) is 1. The van der Waals surface area contributed by atoms with Crippen LogP contribution in [0.2, 0.25) is 0 Å². The van der Waals surface area contributed by atoms with E-state index in [0.717, 1.165) is 22.6 Å². The molecule has 1 aromatic carbocycles. The van der Waals surface area contributed by atoms with Crippen LogP contribution in [0, 0.1) is 13.8 Å². The van der Waals surface area contributed by atoms with E-state index >= 15 is 0 Å². The number of benzene rings is 1. The van der Waals surface area contributed by atoms with Crippen LogP contribution >= 0.6 is 11.8 Å². The Labute approximate surface area is 153 Å². The maximum Gasteiger partial charge on any atom is 0.278 e. The highest BCUT2D eigenvalue weighted by Crippen LogP contribution is 2.29. The highest BCUT2D eigenvalue weighted by Gasteiger charge is 2.16. The van der Waals surface area contributed by atoms with Crippen molar-refractivity contribution in [1.29, 1.82) is 0 Å². The Morgan fingerprint density at radius 1 is 1.23 bits per heavy atom. The minimum absolute atomic E-state index is 0.239. The van der Waals surface area contributed by atoms with Gasteiger partial charge in [0.25, 0.3) is 5.56 Å². The summed E-state index contributed by atoms with van der Waals surface area (Å²) >= 11 is 1.50. The number of rotatable bonds is 4. The lowest BCUT2D eigenvalue weighted by atomic mass is 10.1. The van der Waals surface area contributed by atoms with Gasteiger partial charge in [-0.2, -0.15) is 0 Å². The number of fused-ring (bicyclic) bond motifs is 1. The monoisotopic (exact) mass is 367 g/mol. The van der Waals surface area contributed by atoms with Gasteiger partial charge in [-0.3, -0.25) is 4.79 Å². The number of oxazole rings is 1. The second kappa shape index (κ2) is 6.45. The number of aryl methyl sites for hydroxylation is 3. The number of hydrogen-bond acceptors (Lipinski definition) is 6. The van der Waals surface area contributed by atoms with Gasteiger partial charge in [-0.1, -0.05) is 30.0 Å². The van der Waals surface area contributed by atoms with Gasteiger partial charge in [-0.05, 0) is 25.5 Å². The molecule has 0 radical (unpaired) electrons. The molecule has 26 heavy (non-hydrogen) atoms. The number of aromatic nitrogens is 5. The van der Waals surface area contributed by atoms with Gasteiger partial charge in [0.2, 0.25) is 5.89 Å². The van der Waals surface area contributed by atoms with Crippen LogP contribution in [0.25, 0.3) is 22.6 Å². The van der Waals surface area contributed by atoms with Crippen LogP contribution in [-0.2, 0) is 12.8 Å². The highest BCUT2D eigenvalue weighted by atomic mass is 32.2. The lowest BCUT2D eigenvalue weighted by molar-refractivity contribution is 0.540. The van der Waals surface area contributed by atoms with Crippen LogP contribution < -0.4 is 5.56 Å². The van der Waals surface area contributed by atoms with Crippen molar-refractivity contribution in [2.45, 2.75) is 24.8 Å². The Kier molecular flexibility index (Phi) is 4.12. The van der Waals surface area contributed by atoms with E-state index < -0.39 is 0 Å². The van der Waals surface area contributed by atoms with Gasteiger partial charge in [-0.25, -0.2) is 15.0 Å². The molecule has 0 bridgehead atoms. The average Bonchev–Trinajstić information content (AvgIpc) is 3.15. The van der Waals surface area contributed by atoms with Crippen LogP contribution in [0.1, 0.15) is 17.0 Å². The Hall–Kier alpha value is -2.87. The summed E-state index contributed by atoms with van der Waals surface area (Å²) in [6.07, 6.45) is 1.39. The molecule has 0 fully saturated rings. The lowest BCUT2D eigenvalue weighted by Crippen LogP contribution is -2.06. The van der Waals surface area contributed by atoms with E-state index in [1.54, 1.807) is 0 Å². The van der Waals surface area contributed by atoms with Crippen molar-refractivity contribution in [1.82, 2.24) is 24.5 Å². The van der Waals surface area contributed by atoms with Crippen LogP contribution in [0.5, 0.6) is 0 Å². The Balaban J connectivity index is 1.61. The summed E-state index contributed by atoms with van der Waals surface area (Å²) in [4.78, 5) is 27.6. The number of nitrogens with zero attached hydrogens (tertiary/aromatic N) is 4. The fourth-order valence-corrected chi connectivity index (χ4v) is 3.71. The molecule has 0 atom stereocenters. The molecule has 4 rings (SSSR count). The molecule has 3 aromatic heterocycles. The molecule has 4 aromatic rings. The second-order valence-corrected chi connectivity index (χ2v) is 6.93. The van der Waals surface area contributed by atoms with Gasteiger partial charge in [0.15, 0.2) is 16.3 Å². The van der Waals surface area contributed by atoms with Gasteiger partial charge in [0.05, 0.1) is 12.0 Å². The number of H-pyrrole nitrogens is 1. The van der Waals surface area contributed by atoms with Crippen molar-refractivity contribution in [3.63, 3.8) is 0 Å². The molecule has 0 saturated carbocycles. The molecule has 0 aliphatic heterocycles. The van der Waals surface area contributed by atoms with E-state index in [9.17, 15) is 4.79 Å². The molecular formula is C18H17N5O2S. The minimum atomic E-state index is -0.239. The maximum absolute atomic E-state index is 11.9. The number of aromatic amines is 1. The van der Waals surface area contributed by atoms with Crippen molar-refractivity contribution in [3.8, 4) is 11.5 Å². The smallest absolute Gasteiger partial charge is 0.278 e. The van der Waals surface area contributed by atoms with Crippen LogP contribution in [-0.4, -0.2) is 24.5 Å². The fourth-order valence-electron chi connectivity index (χ4n) is 2.74. The first kappa shape index (κ1) is 16.6. The summed E-state index contributed by atoms with van der Waals surface area (Å²) in [6, 6.07) is 8.00. The summed E-state index contributed by atoms with van der Waals surface area (Å²) in [5.74, 6) is 2.00. The first-order valence-electron chi connectivity index (χ1n) is 8.10. The first-order valence-corrected chi connectivity index (χ1v) is 9.08. The molecule has 0 aliphatic carbocycles. The average molecular weight is 367 g/mol. The molecule has 7 nitrogen and oxygen atoms in total. The summed E-state index contributed by atoms with van der Waals surface area (Å²) in [6.45, 7) is 3.94. The number of thioether (sulfide) groups is 1. The van der Waals surface area contributed by atoms with Crippen LogP contribution in [0.3, 0.4) is 0 Å². The van der Waals surface area contributed by atoms with Crippen molar-refractivity contribution in [2.24, 2.45) is 7.05 Å². The first-order chi connectivity index (χ1) is 12.5. The van der Waals surface area contributed by atoms with Gasteiger partial charge in [0.1, 0.15) is 5.76 Å². The third kappa shape index (κ3) is 2.82. The summed E-state index contributed by atoms with van der Waals surface area (Å²) < 4.78 is 7.67. The van der Waals surface area contributed by atoms with Gasteiger partial charge >= 0.3 is 0 Å². The third-order valence-electron chi connectivity index (χ3n) is 4.23. The summed E-state index contributed by atoms with van der Waals surface area (Å²) in [5, 5.41) is 0.712. The zero-order valence-corrected chi connectivity index (χ0v) is 15.4. The van der Waals surface area contributed by atoms with E-state index in [1.807, 2.05) is 49.7 Å². The summed E-state index contributed by atoms with van der Waals surface area (Å²) in [5.41, 5.74) is 3.64. The topological polar surface area (TPSA) is 89.6 Å². The van der Waals surface area contributed by atoms with Gasteiger partial charge in [0, 0.05) is 18.4 Å². The molecule has 0 saturated heterocycles. The Bertz CT molecular complexity index is 1160. The molecule has 8 heteroatoms. The fraction of sp³-hybridized carbons (Fsp3) is 0.222. The molecule has 0 spiro atoms. The zero-order chi connectivity index (χ0) is 18.3. The molecule has 0 unspecified atom stereocenters. The predicted octanol–water partition coefficient (Wildman–Crippen LogP) is 3.22. The zero-order valence-electron chi connectivity index (χ0n) is 14.6. The van der Waals surface area contributed by atoms with Crippen molar-refractivity contribution in [3.05, 3.63) is 58.0 Å². The molecule has 3 heterocycles. The second-order valence-electron chi connectivity index (χ2n) is 5.98. The van der Waals surface area contributed by atoms with Crippen molar-refractivity contribution in [2.75, 3.05) is 0 Å². The molecular weight excluding hydrogens is 350 g/mol. The maximum atomic E-state index is 11.9. The minimum Gasteiger partial charge on any atom is -0.441 e. The normalized spacial score (nSPS) is 11.3. The number of imidazole rings is 1. The Morgan fingerprint density at radius 2 is 2.04 bits per heavy atom. The SMILES string of the molecule is Cc1ccccc1-c1nc(CSc2nc3c(=O)[nH]cnc3n2C)c(C)o1. The molecule has 132 valence electrons. The summed E-state index contributed by atoms with van der Waals surface area (Å²) in [7, 11) is 1.85. The lowest BCUT2D eigenvalue weighted by Gasteiger charge is -2.00. The van der Waals surface area contributed by atoms with E-state index in [2.05, 4.69) is 19.9 Å². The van der Waals surface area contributed by atoms with E-state index in [0.29, 0.717) is 28.0 Å². The standard InChI is InChI=1S/C18H17N5O2S/c1-10-6-4-5-7-12(10)17-21-13(11(2)25-17)8-26-18-22-14-15(23(18)3)19-9-20-16(14)24/h4-7,9H,8H2,1-3H3,(H,19,20,24). The van der Waals surface area contributed by atoms with Gasteiger partial charge in [-0.15, -0.1) is 0 Å². The van der Waals surface area contributed by atoms with Crippen molar-refractivity contribution < 1.29 is 4.42 Å². The molecule has 0 aliphatic rings. The quantitative estimate of drug-likeness (QED) is 0.557. The largest absolute Gasteiger partial charge is 0.441 e. The van der Waals surface area contributed by atoms with Crippen LogP contribution in [0.15, 0.2) is 45.0 Å². The van der Waals surface area contributed by atoms with Gasteiger partial charge < -0.3 is 14.0 Å². The van der Waals surface area contributed by atoms with E-state index in [4.69, 9.17) is 4.42 Å². The van der Waals surface area contributed by atoms with E-state index in [-0.39, 0.29) is 5.56 Å². The third-order valence-corrected chi connectivity index (χ3v) is 5.27. The molecule has 1 N–H and O–H groups in total. The number of hydrogen-bond donors (Lipinski definition) is 1. The van der Waals surface area contributed by atoms with Crippen LogP contribution in [0.4, 0.5) is 0 Å². The predicted molar refractivity (Wildman–Crippen MR) is 100 cm³/mol. The van der Waals surface area contributed by atoms with E-state index in [1.165, 1.54) is 18.1 Å². The Morgan fingerprint density at radius 3 is 2.81 bits per heavy atom. The highest BCUT2D eigenvalue weighted by molar-refractivity contribution is 7.98. The molecule has 0 amide bonds.